The molecular formula is C27H25BrClF3N6O3. The van der Waals surface area contributed by atoms with Gasteiger partial charge in [-0.15, -0.1) is 6.58 Å². The Balaban J connectivity index is 1.79. The normalized spacial score (nSPS) is 15.6. The Bertz CT molecular complexity index is 1610. The Morgan fingerprint density at radius 1 is 1.29 bits per heavy atom. The first kappa shape index (κ1) is 30.3. The number of anilines is 1. The summed E-state index contributed by atoms with van der Waals surface area (Å²) in [5.74, 6) is -1.01. The SMILES string of the molecule is C=C[C@H](C)Nc1nc2c(c(=O)n1-c1cnc(C(=O)NC)c(Cl)c1)C[C@@H](C)N(C(=O)c1ccc(Br)c(C(F)(F)F)c1)C2. The number of hydrogen-bond donors (Lipinski definition) is 2. The molecule has 0 unspecified atom stereocenters. The van der Waals surface area contributed by atoms with Gasteiger partial charge in [-0.3, -0.25) is 14.4 Å². The molecule has 3 heterocycles. The van der Waals surface area contributed by atoms with E-state index in [1.165, 1.54) is 40.9 Å². The van der Waals surface area contributed by atoms with Crippen LogP contribution in [0, 0.1) is 0 Å². The van der Waals surface area contributed by atoms with Crippen LogP contribution in [0.15, 0.2) is 52.4 Å². The molecule has 2 aromatic heterocycles. The summed E-state index contributed by atoms with van der Waals surface area (Å²) in [5, 5.41) is 5.55. The van der Waals surface area contributed by atoms with Crippen molar-refractivity contribution in [3.05, 3.63) is 91.0 Å². The third-order valence-corrected chi connectivity index (χ3v) is 7.61. The molecule has 1 aliphatic rings. The molecule has 0 fully saturated rings. The van der Waals surface area contributed by atoms with E-state index in [0.717, 1.165) is 6.07 Å². The van der Waals surface area contributed by atoms with Gasteiger partial charge in [-0.05, 0) is 44.5 Å². The van der Waals surface area contributed by atoms with E-state index in [9.17, 15) is 27.6 Å². The summed E-state index contributed by atoms with van der Waals surface area (Å²) in [6, 6.07) is 3.86. The fourth-order valence-electron chi connectivity index (χ4n) is 4.41. The third-order valence-electron chi connectivity index (χ3n) is 6.63. The van der Waals surface area contributed by atoms with Crippen molar-refractivity contribution in [3.63, 3.8) is 0 Å². The van der Waals surface area contributed by atoms with Crippen molar-refractivity contribution < 1.29 is 22.8 Å². The zero-order valence-corrected chi connectivity index (χ0v) is 24.5. The van der Waals surface area contributed by atoms with Gasteiger partial charge in [0.25, 0.3) is 17.4 Å². The average Bonchev–Trinajstić information content (AvgIpc) is 2.92. The molecule has 0 radical (unpaired) electrons. The molecule has 41 heavy (non-hydrogen) atoms. The number of fused-ring (bicyclic) bond motifs is 1. The van der Waals surface area contributed by atoms with E-state index in [1.807, 2.05) is 0 Å². The van der Waals surface area contributed by atoms with Crippen LogP contribution in [0.3, 0.4) is 0 Å². The monoisotopic (exact) mass is 652 g/mol. The van der Waals surface area contributed by atoms with E-state index < -0.39 is 35.2 Å². The van der Waals surface area contributed by atoms with E-state index in [0.29, 0.717) is 11.3 Å². The van der Waals surface area contributed by atoms with E-state index in [4.69, 9.17) is 11.6 Å². The number of rotatable bonds is 6. The van der Waals surface area contributed by atoms with Crippen molar-refractivity contribution in [2.75, 3.05) is 12.4 Å². The molecule has 14 heteroatoms. The Hall–Kier alpha value is -3.71. The quantitative estimate of drug-likeness (QED) is 0.363. The fraction of sp³-hybridized carbons (Fsp3) is 0.296. The van der Waals surface area contributed by atoms with E-state index in [1.54, 1.807) is 19.9 Å². The maximum atomic E-state index is 13.8. The number of nitrogens with one attached hydrogen (secondary N) is 2. The van der Waals surface area contributed by atoms with Gasteiger partial charge in [0.1, 0.15) is 5.69 Å². The first-order valence-corrected chi connectivity index (χ1v) is 13.5. The van der Waals surface area contributed by atoms with Gasteiger partial charge in [0.15, 0.2) is 0 Å². The first-order valence-electron chi connectivity index (χ1n) is 12.4. The van der Waals surface area contributed by atoms with Crippen LogP contribution in [0.5, 0.6) is 0 Å². The highest BCUT2D eigenvalue weighted by Crippen LogP contribution is 2.36. The van der Waals surface area contributed by atoms with Crippen molar-refractivity contribution in [2.24, 2.45) is 0 Å². The van der Waals surface area contributed by atoms with Gasteiger partial charge in [-0.25, -0.2) is 14.5 Å². The largest absolute Gasteiger partial charge is 0.417 e. The second kappa shape index (κ2) is 11.6. The number of nitrogens with zero attached hydrogens (tertiary/aromatic N) is 4. The minimum Gasteiger partial charge on any atom is -0.354 e. The van der Waals surface area contributed by atoms with Crippen LogP contribution >= 0.6 is 27.5 Å². The molecule has 2 amide bonds. The van der Waals surface area contributed by atoms with Crippen LogP contribution in [-0.4, -0.2) is 50.4 Å². The molecule has 0 aliphatic carbocycles. The highest BCUT2D eigenvalue weighted by molar-refractivity contribution is 9.10. The minimum atomic E-state index is -4.65. The Kier molecular flexibility index (Phi) is 8.59. The molecule has 4 rings (SSSR count). The molecule has 1 aliphatic heterocycles. The molecule has 216 valence electrons. The van der Waals surface area contributed by atoms with Gasteiger partial charge in [0, 0.05) is 34.7 Å². The number of halogens is 5. The molecule has 0 saturated carbocycles. The number of benzene rings is 1. The molecule has 0 bridgehead atoms. The standard InChI is InChI=1S/C27H25BrClF3N6O3/c1-5-13(2)35-26-36-21-12-37(24(40)15-6-7-19(28)18(9-15)27(30,31)32)14(3)8-17(21)25(41)38(26)16-10-20(29)22(34-11-16)23(39)33-4/h5-7,9-11,13-14H,1,8,12H2,2-4H3,(H,33,39)(H,35,36)/t13-,14+/m0/s1. The lowest BCUT2D eigenvalue weighted by molar-refractivity contribution is -0.138. The molecule has 0 spiro atoms. The van der Waals surface area contributed by atoms with Crippen LogP contribution in [0.2, 0.25) is 5.02 Å². The number of aromatic nitrogens is 3. The number of alkyl halides is 3. The third kappa shape index (κ3) is 6.01. The molecule has 1 aromatic carbocycles. The van der Waals surface area contributed by atoms with Crippen LogP contribution < -0.4 is 16.2 Å². The lowest BCUT2D eigenvalue weighted by atomic mass is 9.98. The Morgan fingerprint density at radius 3 is 2.61 bits per heavy atom. The first-order chi connectivity index (χ1) is 19.3. The van der Waals surface area contributed by atoms with Crippen LogP contribution in [-0.2, 0) is 19.1 Å². The Labute approximate surface area is 246 Å². The van der Waals surface area contributed by atoms with E-state index in [2.05, 4.69) is 43.1 Å². The average molecular weight is 654 g/mol. The number of hydrogen-bond acceptors (Lipinski definition) is 6. The molecular weight excluding hydrogens is 629 g/mol. The smallest absolute Gasteiger partial charge is 0.354 e. The maximum absolute atomic E-state index is 13.8. The summed E-state index contributed by atoms with van der Waals surface area (Å²) in [5.41, 5.74) is -0.685. The van der Waals surface area contributed by atoms with Crippen molar-refractivity contribution in [3.8, 4) is 5.69 Å². The topological polar surface area (TPSA) is 109 Å². The predicted molar refractivity (Wildman–Crippen MR) is 151 cm³/mol. The lowest BCUT2D eigenvalue weighted by Gasteiger charge is -2.35. The summed E-state index contributed by atoms with van der Waals surface area (Å²) in [6.07, 6.45) is -1.63. The van der Waals surface area contributed by atoms with Gasteiger partial charge >= 0.3 is 6.18 Å². The maximum Gasteiger partial charge on any atom is 0.417 e. The van der Waals surface area contributed by atoms with Gasteiger partial charge < -0.3 is 15.5 Å². The van der Waals surface area contributed by atoms with Crippen molar-refractivity contribution >= 4 is 45.3 Å². The number of carbonyl (C=O) groups is 2. The van der Waals surface area contributed by atoms with Crippen molar-refractivity contribution in [2.45, 2.75) is 45.1 Å². The zero-order chi connectivity index (χ0) is 30.2. The molecule has 2 N–H and O–H groups in total. The summed E-state index contributed by atoms with van der Waals surface area (Å²) in [6.45, 7) is 7.13. The van der Waals surface area contributed by atoms with E-state index >= 15 is 0 Å². The summed E-state index contributed by atoms with van der Waals surface area (Å²) < 4.78 is 41.5. The number of amides is 2. The van der Waals surface area contributed by atoms with Crippen LogP contribution in [0.4, 0.5) is 19.1 Å². The van der Waals surface area contributed by atoms with Crippen LogP contribution in [0.25, 0.3) is 5.69 Å². The van der Waals surface area contributed by atoms with Gasteiger partial charge in [0.2, 0.25) is 5.95 Å². The molecule has 9 nitrogen and oxygen atoms in total. The summed E-state index contributed by atoms with van der Waals surface area (Å²) in [4.78, 5) is 49.4. The van der Waals surface area contributed by atoms with Gasteiger partial charge in [-0.2, -0.15) is 13.2 Å². The van der Waals surface area contributed by atoms with Crippen molar-refractivity contribution in [1.82, 2.24) is 24.8 Å². The summed E-state index contributed by atoms with van der Waals surface area (Å²) in [7, 11) is 1.44. The highest BCUT2D eigenvalue weighted by Gasteiger charge is 2.36. The second-order valence-corrected chi connectivity index (χ2v) is 10.7. The fourth-order valence-corrected chi connectivity index (χ4v) is 5.12. The summed E-state index contributed by atoms with van der Waals surface area (Å²) >= 11 is 9.20. The number of pyridine rings is 1. The van der Waals surface area contributed by atoms with E-state index in [-0.39, 0.29) is 51.4 Å². The second-order valence-electron chi connectivity index (χ2n) is 9.45. The number of carbonyl (C=O) groups excluding carboxylic acids is 2. The molecule has 2 atom stereocenters. The molecule has 3 aromatic rings. The highest BCUT2D eigenvalue weighted by atomic mass is 79.9. The zero-order valence-electron chi connectivity index (χ0n) is 22.1. The van der Waals surface area contributed by atoms with Crippen LogP contribution in [0.1, 0.15) is 51.5 Å². The van der Waals surface area contributed by atoms with Crippen molar-refractivity contribution in [1.29, 1.82) is 0 Å². The molecule has 0 saturated heterocycles. The van der Waals surface area contributed by atoms with Gasteiger partial charge in [0.05, 0.1) is 34.7 Å². The predicted octanol–water partition coefficient (Wildman–Crippen LogP) is 5.00. The lowest BCUT2D eigenvalue weighted by Crippen LogP contribution is -2.46. The minimum absolute atomic E-state index is 0.0183. The van der Waals surface area contributed by atoms with Gasteiger partial charge in [-0.1, -0.05) is 33.6 Å². The Morgan fingerprint density at radius 2 is 2.00 bits per heavy atom.